The van der Waals surface area contributed by atoms with Crippen LogP contribution in [0.2, 0.25) is 0 Å². The molecule has 0 aliphatic carbocycles. The molecule has 2 rings (SSSR count). The van der Waals surface area contributed by atoms with Crippen molar-refractivity contribution in [2.75, 3.05) is 0 Å². The first kappa shape index (κ1) is 13.7. The van der Waals surface area contributed by atoms with Crippen LogP contribution in [0.15, 0.2) is 28.9 Å². The Labute approximate surface area is 119 Å². The maximum absolute atomic E-state index is 11.0. The lowest BCUT2D eigenvalue weighted by molar-refractivity contribution is 0.0688. The molecule has 5 heteroatoms. The lowest BCUT2D eigenvalue weighted by atomic mass is 10.0. The van der Waals surface area contributed by atoms with Crippen LogP contribution in [0, 0.1) is 13.8 Å². The third kappa shape index (κ3) is 3.38. The van der Waals surface area contributed by atoms with E-state index in [1.807, 2.05) is 13.8 Å². The molecular weight excluding hydrogens is 308 g/mol. The van der Waals surface area contributed by atoms with Crippen LogP contribution < -0.4 is 0 Å². The van der Waals surface area contributed by atoms with Gasteiger partial charge < -0.3 is 5.11 Å². The second kappa shape index (κ2) is 5.48. The molecule has 2 aromatic rings. The SMILES string of the molecule is Cc1cc(C)cc(Cc2ncc(Br)c(C(=O)O)n2)c1. The topological polar surface area (TPSA) is 63.1 Å². The van der Waals surface area contributed by atoms with Crippen molar-refractivity contribution in [2.24, 2.45) is 0 Å². The van der Waals surface area contributed by atoms with Gasteiger partial charge in [0.15, 0.2) is 5.69 Å². The lowest BCUT2D eigenvalue weighted by Gasteiger charge is -2.05. The van der Waals surface area contributed by atoms with E-state index in [2.05, 4.69) is 44.1 Å². The van der Waals surface area contributed by atoms with Crippen LogP contribution in [0.4, 0.5) is 0 Å². The van der Waals surface area contributed by atoms with E-state index in [0.717, 1.165) is 5.56 Å². The maximum Gasteiger partial charge on any atom is 0.355 e. The molecule has 0 atom stereocenters. The van der Waals surface area contributed by atoms with Crippen molar-refractivity contribution >= 4 is 21.9 Å². The Balaban J connectivity index is 2.33. The molecule has 1 aromatic heterocycles. The number of benzene rings is 1. The van der Waals surface area contributed by atoms with Crippen LogP contribution in [0.25, 0.3) is 0 Å². The van der Waals surface area contributed by atoms with E-state index in [-0.39, 0.29) is 5.69 Å². The highest BCUT2D eigenvalue weighted by Gasteiger charge is 2.12. The van der Waals surface area contributed by atoms with E-state index < -0.39 is 5.97 Å². The highest BCUT2D eigenvalue weighted by atomic mass is 79.9. The molecular formula is C14H13BrN2O2. The van der Waals surface area contributed by atoms with Crippen LogP contribution in [-0.4, -0.2) is 21.0 Å². The van der Waals surface area contributed by atoms with Gasteiger partial charge in [0.2, 0.25) is 0 Å². The van der Waals surface area contributed by atoms with E-state index in [9.17, 15) is 4.79 Å². The predicted molar refractivity (Wildman–Crippen MR) is 75.4 cm³/mol. The van der Waals surface area contributed by atoms with Crippen molar-refractivity contribution < 1.29 is 9.90 Å². The van der Waals surface area contributed by atoms with Gasteiger partial charge in [-0.05, 0) is 35.3 Å². The van der Waals surface area contributed by atoms with Gasteiger partial charge in [0.1, 0.15) is 5.82 Å². The fourth-order valence-electron chi connectivity index (χ4n) is 1.99. The molecule has 0 fully saturated rings. The Morgan fingerprint density at radius 3 is 2.47 bits per heavy atom. The van der Waals surface area contributed by atoms with Crippen molar-refractivity contribution in [2.45, 2.75) is 20.3 Å². The smallest absolute Gasteiger partial charge is 0.355 e. The van der Waals surface area contributed by atoms with E-state index in [0.29, 0.717) is 16.7 Å². The zero-order chi connectivity index (χ0) is 14.0. The highest BCUT2D eigenvalue weighted by molar-refractivity contribution is 9.10. The molecule has 0 saturated heterocycles. The van der Waals surface area contributed by atoms with E-state index in [4.69, 9.17) is 5.11 Å². The van der Waals surface area contributed by atoms with Crippen molar-refractivity contribution in [3.63, 3.8) is 0 Å². The number of hydrogen-bond acceptors (Lipinski definition) is 3. The highest BCUT2D eigenvalue weighted by Crippen LogP contribution is 2.16. The number of carbonyl (C=O) groups is 1. The Kier molecular flexibility index (Phi) is 3.95. The second-order valence-electron chi connectivity index (χ2n) is 4.46. The normalized spacial score (nSPS) is 10.5. The van der Waals surface area contributed by atoms with Crippen LogP contribution in [0.5, 0.6) is 0 Å². The fourth-order valence-corrected chi connectivity index (χ4v) is 2.35. The quantitative estimate of drug-likeness (QED) is 0.943. The Morgan fingerprint density at radius 1 is 1.26 bits per heavy atom. The fraction of sp³-hybridized carbons (Fsp3) is 0.214. The molecule has 0 unspecified atom stereocenters. The minimum Gasteiger partial charge on any atom is -0.476 e. The summed E-state index contributed by atoms with van der Waals surface area (Å²) in [6, 6.07) is 6.20. The number of hydrogen-bond donors (Lipinski definition) is 1. The van der Waals surface area contributed by atoms with Crippen LogP contribution in [0.1, 0.15) is 33.0 Å². The standard InChI is InChI=1S/C14H13BrN2O2/c1-8-3-9(2)5-10(4-8)6-12-16-7-11(15)13(17-12)14(18)19/h3-5,7H,6H2,1-2H3,(H,18,19). The van der Waals surface area contributed by atoms with Crippen molar-refractivity contribution in [1.29, 1.82) is 0 Å². The largest absolute Gasteiger partial charge is 0.476 e. The zero-order valence-electron chi connectivity index (χ0n) is 10.6. The second-order valence-corrected chi connectivity index (χ2v) is 5.32. The van der Waals surface area contributed by atoms with E-state index >= 15 is 0 Å². The molecule has 0 aliphatic rings. The molecule has 0 saturated carbocycles. The number of aryl methyl sites for hydroxylation is 2. The Morgan fingerprint density at radius 2 is 1.89 bits per heavy atom. The van der Waals surface area contributed by atoms with E-state index in [1.54, 1.807) is 0 Å². The van der Waals surface area contributed by atoms with Crippen LogP contribution in [-0.2, 0) is 6.42 Å². The average molecular weight is 321 g/mol. The summed E-state index contributed by atoms with van der Waals surface area (Å²) in [5.41, 5.74) is 3.42. The molecule has 19 heavy (non-hydrogen) atoms. The summed E-state index contributed by atoms with van der Waals surface area (Å²) in [4.78, 5) is 19.2. The molecule has 0 bridgehead atoms. The van der Waals surface area contributed by atoms with E-state index in [1.165, 1.54) is 17.3 Å². The molecule has 4 nitrogen and oxygen atoms in total. The van der Waals surface area contributed by atoms with Gasteiger partial charge in [0.05, 0.1) is 4.47 Å². The predicted octanol–water partition coefficient (Wildman–Crippen LogP) is 3.14. The van der Waals surface area contributed by atoms with Gasteiger partial charge in [-0.3, -0.25) is 0 Å². The first-order chi connectivity index (χ1) is 8.95. The third-order valence-electron chi connectivity index (χ3n) is 2.64. The molecule has 0 aliphatic heterocycles. The Bertz CT molecular complexity index is 621. The summed E-state index contributed by atoms with van der Waals surface area (Å²) in [7, 11) is 0. The van der Waals surface area contributed by atoms with Crippen LogP contribution in [0.3, 0.4) is 0 Å². The number of carboxylic acid groups (broad SMARTS) is 1. The molecule has 98 valence electrons. The average Bonchev–Trinajstić information content (AvgIpc) is 2.30. The van der Waals surface area contributed by atoms with Crippen molar-refractivity contribution in [3.05, 3.63) is 57.1 Å². The summed E-state index contributed by atoms with van der Waals surface area (Å²) in [5, 5.41) is 9.02. The number of rotatable bonds is 3. The minimum absolute atomic E-state index is 0.00521. The molecule has 0 spiro atoms. The molecule has 1 heterocycles. The summed E-state index contributed by atoms with van der Waals surface area (Å²) < 4.78 is 0.393. The van der Waals surface area contributed by atoms with Gasteiger partial charge in [0, 0.05) is 12.6 Å². The Hall–Kier alpha value is -1.75. The first-order valence-corrected chi connectivity index (χ1v) is 6.57. The summed E-state index contributed by atoms with van der Waals surface area (Å²) in [6.45, 7) is 4.06. The maximum atomic E-state index is 11.0. The number of aromatic carboxylic acids is 1. The molecule has 0 radical (unpaired) electrons. The van der Waals surface area contributed by atoms with Crippen molar-refractivity contribution in [3.8, 4) is 0 Å². The van der Waals surface area contributed by atoms with Gasteiger partial charge >= 0.3 is 5.97 Å². The number of nitrogens with zero attached hydrogens (tertiary/aromatic N) is 2. The minimum atomic E-state index is -1.06. The number of aromatic nitrogens is 2. The van der Waals surface area contributed by atoms with Crippen LogP contribution >= 0.6 is 15.9 Å². The summed E-state index contributed by atoms with van der Waals surface area (Å²) >= 11 is 3.13. The first-order valence-electron chi connectivity index (χ1n) is 5.77. The van der Waals surface area contributed by atoms with Gasteiger partial charge in [-0.2, -0.15) is 0 Å². The number of halogens is 1. The lowest BCUT2D eigenvalue weighted by Crippen LogP contribution is -2.07. The van der Waals surface area contributed by atoms with Gasteiger partial charge in [-0.15, -0.1) is 0 Å². The molecule has 1 aromatic carbocycles. The third-order valence-corrected chi connectivity index (χ3v) is 3.22. The monoisotopic (exact) mass is 320 g/mol. The van der Waals surface area contributed by atoms with Gasteiger partial charge in [0.25, 0.3) is 0 Å². The summed E-state index contributed by atoms with van der Waals surface area (Å²) in [6.07, 6.45) is 2.00. The van der Waals surface area contributed by atoms with Gasteiger partial charge in [-0.25, -0.2) is 14.8 Å². The number of carboxylic acids is 1. The molecule has 1 N–H and O–H groups in total. The zero-order valence-corrected chi connectivity index (χ0v) is 12.2. The van der Waals surface area contributed by atoms with Crippen molar-refractivity contribution in [1.82, 2.24) is 9.97 Å². The molecule has 0 amide bonds. The van der Waals surface area contributed by atoms with Gasteiger partial charge in [-0.1, -0.05) is 29.3 Å². The summed E-state index contributed by atoms with van der Waals surface area (Å²) in [5.74, 6) is -0.554.